The van der Waals surface area contributed by atoms with Gasteiger partial charge >= 0.3 is 0 Å². The van der Waals surface area contributed by atoms with Crippen molar-refractivity contribution in [2.75, 3.05) is 21.3 Å². The van der Waals surface area contributed by atoms with Gasteiger partial charge in [0.05, 0.1) is 32.8 Å². The van der Waals surface area contributed by atoms with E-state index in [9.17, 15) is 0 Å². The molecule has 0 aliphatic carbocycles. The summed E-state index contributed by atoms with van der Waals surface area (Å²) in [6.45, 7) is 0. The summed E-state index contributed by atoms with van der Waals surface area (Å²) in [5.41, 5.74) is 1.63. The lowest BCUT2D eigenvalue weighted by molar-refractivity contribution is 0.349. The molecule has 102 valence electrons. The van der Waals surface area contributed by atoms with Crippen molar-refractivity contribution in [3.8, 4) is 28.6 Å². The van der Waals surface area contributed by atoms with Gasteiger partial charge < -0.3 is 19.2 Å². The average Bonchev–Trinajstić information content (AvgIpc) is 2.94. The quantitative estimate of drug-likeness (QED) is 0.857. The number of rotatable bonds is 5. The molecule has 0 fully saturated rings. The number of alkyl halides is 1. The van der Waals surface area contributed by atoms with Crippen LogP contribution in [0.4, 0.5) is 0 Å². The molecule has 19 heavy (non-hydrogen) atoms. The largest absolute Gasteiger partial charge is 0.496 e. The summed E-state index contributed by atoms with van der Waals surface area (Å²) in [6.07, 6.45) is 1.69. The van der Waals surface area contributed by atoms with Gasteiger partial charge in [-0.3, -0.25) is 0 Å². The summed E-state index contributed by atoms with van der Waals surface area (Å²) >= 11 is 5.76. The third-order valence-electron chi connectivity index (χ3n) is 2.73. The highest BCUT2D eigenvalue weighted by molar-refractivity contribution is 6.16. The van der Waals surface area contributed by atoms with Crippen molar-refractivity contribution < 1.29 is 14.2 Å². The highest BCUT2D eigenvalue weighted by Gasteiger charge is 2.15. The Balaban J connectivity index is 2.54. The number of methoxy groups -OCH3 is 3. The number of hydrogen-bond acceptors (Lipinski definition) is 4. The van der Waals surface area contributed by atoms with Crippen LogP contribution in [0.1, 0.15) is 5.69 Å². The number of aromatic amines is 1. The highest BCUT2D eigenvalue weighted by Crippen LogP contribution is 2.38. The molecule has 0 aliphatic heterocycles. The minimum absolute atomic E-state index is 0.378. The van der Waals surface area contributed by atoms with E-state index in [2.05, 4.69) is 9.97 Å². The van der Waals surface area contributed by atoms with Gasteiger partial charge in [-0.15, -0.1) is 11.6 Å². The molecule has 0 unspecified atom stereocenters. The molecule has 5 nitrogen and oxygen atoms in total. The van der Waals surface area contributed by atoms with E-state index < -0.39 is 0 Å². The van der Waals surface area contributed by atoms with Crippen LogP contribution >= 0.6 is 11.6 Å². The third kappa shape index (κ3) is 2.61. The summed E-state index contributed by atoms with van der Waals surface area (Å²) in [4.78, 5) is 7.40. The van der Waals surface area contributed by atoms with Crippen LogP contribution in [0.25, 0.3) is 11.4 Å². The van der Waals surface area contributed by atoms with Crippen LogP contribution in [0.15, 0.2) is 18.3 Å². The Morgan fingerprint density at radius 2 is 1.68 bits per heavy atom. The molecule has 0 saturated heterocycles. The van der Waals surface area contributed by atoms with Crippen molar-refractivity contribution in [2.24, 2.45) is 0 Å². The van der Waals surface area contributed by atoms with Crippen LogP contribution in [0.2, 0.25) is 0 Å². The molecule has 1 aromatic heterocycles. The number of imidazole rings is 1. The Kier molecular flexibility index (Phi) is 4.16. The number of nitrogens with zero attached hydrogens (tertiary/aromatic N) is 1. The van der Waals surface area contributed by atoms with Crippen molar-refractivity contribution in [2.45, 2.75) is 5.88 Å². The van der Waals surface area contributed by atoms with E-state index in [0.717, 1.165) is 11.3 Å². The first-order chi connectivity index (χ1) is 9.23. The molecule has 2 rings (SSSR count). The summed E-state index contributed by atoms with van der Waals surface area (Å²) < 4.78 is 15.9. The third-order valence-corrected chi connectivity index (χ3v) is 3.02. The second kappa shape index (κ2) is 5.84. The van der Waals surface area contributed by atoms with E-state index in [1.54, 1.807) is 33.6 Å². The summed E-state index contributed by atoms with van der Waals surface area (Å²) in [6, 6.07) is 3.57. The molecular weight excluding hydrogens is 268 g/mol. The lowest BCUT2D eigenvalue weighted by Crippen LogP contribution is -1.95. The van der Waals surface area contributed by atoms with Crippen LogP contribution in [0.5, 0.6) is 17.2 Å². The molecule has 0 bridgehead atoms. The maximum absolute atomic E-state index is 5.76. The molecule has 0 amide bonds. The Labute approximate surface area is 116 Å². The molecule has 0 radical (unpaired) electrons. The number of H-pyrrole nitrogens is 1. The number of halogens is 1. The van der Waals surface area contributed by atoms with Gasteiger partial charge in [0.2, 0.25) is 0 Å². The van der Waals surface area contributed by atoms with Crippen molar-refractivity contribution in [1.29, 1.82) is 0 Å². The van der Waals surface area contributed by atoms with Gasteiger partial charge in [-0.25, -0.2) is 4.98 Å². The van der Waals surface area contributed by atoms with Gasteiger partial charge in [0.25, 0.3) is 0 Å². The monoisotopic (exact) mass is 282 g/mol. The lowest BCUT2D eigenvalue weighted by atomic mass is 10.1. The second-order valence-electron chi connectivity index (χ2n) is 3.80. The fourth-order valence-corrected chi connectivity index (χ4v) is 1.91. The zero-order valence-corrected chi connectivity index (χ0v) is 11.7. The Morgan fingerprint density at radius 3 is 2.21 bits per heavy atom. The molecule has 2 aromatic rings. The van der Waals surface area contributed by atoms with Crippen LogP contribution in [0, 0.1) is 0 Å². The normalized spacial score (nSPS) is 10.3. The predicted molar refractivity (Wildman–Crippen MR) is 73.2 cm³/mol. The van der Waals surface area contributed by atoms with E-state index >= 15 is 0 Å². The summed E-state index contributed by atoms with van der Waals surface area (Å²) in [7, 11) is 4.76. The van der Waals surface area contributed by atoms with Crippen LogP contribution in [-0.2, 0) is 5.88 Å². The summed E-state index contributed by atoms with van der Waals surface area (Å²) in [5.74, 6) is 2.92. The van der Waals surface area contributed by atoms with Gasteiger partial charge in [0, 0.05) is 18.0 Å². The second-order valence-corrected chi connectivity index (χ2v) is 4.07. The minimum atomic E-state index is 0.378. The van der Waals surface area contributed by atoms with Crippen LogP contribution < -0.4 is 14.2 Å². The van der Waals surface area contributed by atoms with Crippen molar-refractivity contribution >= 4 is 11.6 Å². The Morgan fingerprint density at radius 1 is 1.05 bits per heavy atom. The van der Waals surface area contributed by atoms with Crippen molar-refractivity contribution in [3.63, 3.8) is 0 Å². The molecule has 6 heteroatoms. The van der Waals surface area contributed by atoms with Crippen LogP contribution in [-0.4, -0.2) is 31.3 Å². The van der Waals surface area contributed by atoms with Gasteiger partial charge in [-0.05, 0) is 6.07 Å². The van der Waals surface area contributed by atoms with Gasteiger partial charge in [-0.1, -0.05) is 0 Å². The first-order valence-electron chi connectivity index (χ1n) is 5.63. The van der Waals surface area contributed by atoms with E-state index in [0.29, 0.717) is 29.0 Å². The lowest BCUT2D eigenvalue weighted by Gasteiger charge is -2.12. The first-order valence-corrected chi connectivity index (χ1v) is 6.17. The first kappa shape index (κ1) is 13.5. The SMILES string of the molecule is COc1cc(OC)c(-c2ncc(CCl)[nH]2)cc1OC. The van der Waals surface area contributed by atoms with Gasteiger partial charge in [-0.2, -0.15) is 0 Å². The molecule has 1 aromatic carbocycles. The maximum atomic E-state index is 5.76. The smallest absolute Gasteiger partial charge is 0.164 e. The molecule has 0 saturated carbocycles. The molecule has 0 spiro atoms. The number of ether oxygens (including phenoxy) is 3. The molecule has 0 aliphatic rings. The topological polar surface area (TPSA) is 56.4 Å². The number of benzene rings is 1. The predicted octanol–water partition coefficient (Wildman–Crippen LogP) is 2.84. The standard InChI is InChI=1S/C13H15ClN2O3/c1-17-10-5-12(19-3)11(18-2)4-9(10)13-15-7-8(6-14)16-13/h4-5,7H,6H2,1-3H3,(H,15,16). The van der Waals surface area contributed by atoms with E-state index in [1.807, 2.05) is 6.07 Å². The van der Waals surface area contributed by atoms with Gasteiger partial charge in [0.15, 0.2) is 11.5 Å². The van der Waals surface area contributed by atoms with E-state index in [1.165, 1.54) is 0 Å². The molecule has 1 N–H and O–H groups in total. The van der Waals surface area contributed by atoms with E-state index in [-0.39, 0.29) is 0 Å². The minimum Gasteiger partial charge on any atom is -0.496 e. The van der Waals surface area contributed by atoms with Gasteiger partial charge in [0.1, 0.15) is 11.6 Å². The average molecular weight is 283 g/mol. The molecule has 1 heterocycles. The molecule has 0 atom stereocenters. The van der Waals surface area contributed by atoms with E-state index in [4.69, 9.17) is 25.8 Å². The zero-order chi connectivity index (χ0) is 13.8. The number of aromatic nitrogens is 2. The number of nitrogens with one attached hydrogen (secondary N) is 1. The maximum Gasteiger partial charge on any atom is 0.164 e. The Hall–Kier alpha value is -1.88. The fourth-order valence-electron chi connectivity index (χ4n) is 1.78. The summed E-state index contributed by atoms with van der Waals surface area (Å²) in [5, 5.41) is 0. The zero-order valence-electron chi connectivity index (χ0n) is 11.0. The highest BCUT2D eigenvalue weighted by atomic mass is 35.5. The van der Waals surface area contributed by atoms with Crippen LogP contribution in [0.3, 0.4) is 0 Å². The molecular formula is C13H15ClN2O3. The fraction of sp³-hybridized carbons (Fsp3) is 0.308. The van der Waals surface area contributed by atoms with Crippen molar-refractivity contribution in [1.82, 2.24) is 9.97 Å². The van der Waals surface area contributed by atoms with Crippen molar-refractivity contribution in [3.05, 3.63) is 24.0 Å². The Bertz CT molecular complexity index is 569. The number of hydrogen-bond donors (Lipinski definition) is 1.